The fourth-order valence-electron chi connectivity index (χ4n) is 0.778. The summed E-state index contributed by atoms with van der Waals surface area (Å²) in [6, 6.07) is 0.273. The van der Waals surface area contributed by atoms with Gasteiger partial charge in [0, 0.05) is 12.4 Å². The van der Waals surface area contributed by atoms with Crippen molar-refractivity contribution in [1.29, 1.82) is 0 Å². The molecule has 0 aliphatic heterocycles. The number of hydrogen-bond donors (Lipinski definition) is 2. The molecule has 0 aliphatic rings. The zero-order valence-electron chi connectivity index (χ0n) is 8.01. The molecule has 76 valence electrons. The highest BCUT2D eigenvalue weighted by Crippen LogP contribution is 2.04. The van der Waals surface area contributed by atoms with Crippen LogP contribution in [-0.2, 0) is 0 Å². The van der Waals surface area contributed by atoms with Crippen LogP contribution in [0.15, 0.2) is 17.5 Å². The van der Waals surface area contributed by atoms with Crippen molar-refractivity contribution in [2.75, 3.05) is 0 Å². The Morgan fingerprint density at radius 1 is 1.50 bits per heavy atom. The van der Waals surface area contributed by atoms with E-state index in [1.54, 1.807) is 0 Å². The minimum absolute atomic E-state index is 0.0182. The number of amidine groups is 1. The second kappa shape index (κ2) is 4.40. The first-order valence-electron chi connectivity index (χ1n) is 4.10. The molecule has 0 atom stereocenters. The van der Waals surface area contributed by atoms with E-state index < -0.39 is 0 Å². The number of nitrogens with two attached hydrogens (primary N) is 1. The fourth-order valence-corrected chi connectivity index (χ4v) is 0.778. The highest BCUT2D eigenvalue weighted by molar-refractivity contribution is 5.96. The molecule has 1 aromatic rings. The summed E-state index contributed by atoms with van der Waals surface area (Å²) in [6.07, 6.45) is 2.88. The zero-order chi connectivity index (χ0) is 10.6. The molecule has 14 heavy (non-hydrogen) atoms. The van der Waals surface area contributed by atoms with Gasteiger partial charge in [0.05, 0.1) is 11.7 Å². The van der Waals surface area contributed by atoms with Crippen LogP contribution in [0.1, 0.15) is 19.4 Å². The van der Waals surface area contributed by atoms with Crippen molar-refractivity contribution in [1.82, 2.24) is 9.97 Å². The quantitative estimate of drug-likeness (QED) is 0.315. The molecule has 6 heteroatoms. The van der Waals surface area contributed by atoms with Crippen LogP contribution < -0.4 is 10.5 Å². The molecule has 6 nitrogen and oxygen atoms in total. The molecule has 0 amide bonds. The second-order valence-electron chi connectivity index (χ2n) is 2.91. The van der Waals surface area contributed by atoms with Gasteiger partial charge < -0.3 is 15.7 Å². The van der Waals surface area contributed by atoms with Crippen LogP contribution in [0.25, 0.3) is 0 Å². The van der Waals surface area contributed by atoms with Gasteiger partial charge >= 0.3 is 6.01 Å². The maximum atomic E-state index is 8.38. The van der Waals surface area contributed by atoms with Gasteiger partial charge in [-0.1, -0.05) is 5.16 Å². The van der Waals surface area contributed by atoms with Crippen LogP contribution in [0.2, 0.25) is 0 Å². The van der Waals surface area contributed by atoms with Gasteiger partial charge in [0.25, 0.3) is 0 Å². The highest BCUT2D eigenvalue weighted by Gasteiger charge is 2.03. The van der Waals surface area contributed by atoms with Crippen LogP contribution in [0.4, 0.5) is 0 Å². The average Bonchev–Trinajstić information content (AvgIpc) is 2.17. The predicted octanol–water partition coefficient (Wildman–Crippen LogP) is 0.358. The summed E-state index contributed by atoms with van der Waals surface area (Å²) in [5, 5.41) is 11.2. The molecular formula is C8H12N4O2. The van der Waals surface area contributed by atoms with Gasteiger partial charge in [-0.3, -0.25) is 0 Å². The predicted molar refractivity (Wildman–Crippen MR) is 50.3 cm³/mol. The Balaban J connectivity index is 2.78. The Morgan fingerprint density at radius 3 is 2.50 bits per heavy atom. The highest BCUT2D eigenvalue weighted by atomic mass is 16.5. The van der Waals surface area contributed by atoms with E-state index in [9.17, 15) is 0 Å². The Hall–Kier alpha value is -1.85. The van der Waals surface area contributed by atoms with Gasteiger partial charge in [0.2, 0.25) is 0 Å². The van der Waals surface area contributed by atoms with Crippen LogP contribution in [-0.4, -0.2) is 27.1 Å². The summed E-state index contributed by atoms with van der Waals surface area (Å²) in [4.78, 5) is 7.77. The van der Waals surface area contributed by atoms with Gasteiger partial charge in [-0.25, -0.2) is 9.97 Å². The van der Waals surface area contributed by atoms with Gasteiger partial charge in [0.1, 0.15) is 0 Å². The van der Waals surface area contributed by atoms with E-state index in [0.717, 1.165) is 0 Å². The fraction of sp³-hybridized carbons (Fsp3) is 0.375. The van der Waals surface area contributed by atoms with E-state index in [4.69, 9.17) is 15.7 Å². The molecule has 0 radical (unpaired) electrons. The maximum absolute atomic E-state index is 8.38. The molecular weight excluding hydrogens is 184 g/mol. The van der Waals surface area contributed by atoms with Gasteiger partial charge in [-0.2, -0.15) is 0 Å². The van der Waals surface area contributed by atoms with E-state index in [1.165, 1.54) is 12.4 Å². The topological polar surface area (TPSA) is 93.6 Å². The third-order valence-corrected chi connectivity index (χ3v) is 1.37. The van der Waals surface area contributed by atoms with Crippen molar-refractivity contribution in [3.05, 3.63) is 18.0 Å². The first-order valence-corrected chi connectivity index (χ1v) is 4.10. The van der Waals surface area contributed by atoms with E-state index in [2.05, 4.69) is 15.1 Å². The lowest BCUT2D eigenvalue weighted by Gasteiger charge is -2.06. The third kappa shape index (κ3) is 2.58. The molecule has 0 unspecified atom stereocenters. The van der Waals surface area contributed by atoms with Crippen LogP contribution >= 0.6 is 0 Å². The van der Waals surface area contributed by atoms with Gasteiger partial charge in [0.15, 0.2) is 5.84 Å². The molecule has 1 aromatic heterocycles. The first kappa shape index (κ1) is 10.2. The molecule has 0 fully saturated rings. The van der Waals surface area contributed by atoms with Crippen molar-refractivity contribution in [2.45, 2.75) is 20.0 Å². The van der Waals surface area contributed by atoms with Crippen molar-refractivity contribution >= 4 is 5.84 Å². The summed E-state index contributed by atoms with van der Waals surface area (Å²) in [5.74, 6) is -0.0268. The number of rotatable bonds is 3. The summed E-state index contributed by atoms with van der Waals surface area (Å²) < 4.78 is 5.22. The molecule has 1 rings (SSSR count). The lowest BCUT2D eigenvalue weighted by Crippen LogP contribution is -2.15. The number of aromatic nitrogens is 2. The summed E-state index contributed by atoms with van der Waals surface area (Å²) in [5.41, 5.74) is 5.77. The van der Waals surface area contributed by atoms with Crippen LogP contribution in [0.3, 0.4) is 0 Å². The monoisotopic (exact) mass is 196 g/mol. The van der Waals surface area contributed by atoms with Crippen molar-refractivity contribution < 1.29 is 9.94 Å². The Bertz CT molecular complexity index is 321. The van der Waals surface area contributed by atoms with E-state index in [-0.39, 0.29) is 18.0 Å². The van der Waals surface area contributed by atoms with Crippen molar-refractivity contribution in [3.8, 4) is 6.01 Å². The minimum Gasteiger partial charge on any atom is -0.461 e. The van der Waals surface area contributed by atoms with Crippen molar-refractivity contribution in [3.63, 3.8) is 0 Å². The number of ether oxygens (including phenoxy) is 1. The van der Waals surface area contributed by atoms with Crippen molar-refractivity contribution in [2.24, 2.45) is 10.9 Å². The Morgan fingerprint density at radius 2 is 2.07 bits per heavy atom. The van der Waals surface area contributed by atoms with E-state index >= 15 is 0 Å². The Labute approximate surface area is 81.4 Å². The van der Waals surface area contributed by atoms with Gasteiger partial charge in [-0.15, -0.1) is 0 Å². The lowest BCUT2D eigenvalue weighted by atomic mass is 10.3. The van der Waals surface area contributed by atoms with E-state index in [0.29, 0.717) is 5.56 Å². The lowest BCUT2D eigenvalue weighted by molar-refractivity contribution is 0.222. The SMILES string of the molecule is CC(C)Oc1ncc(/C(N)=N\O)cn1. The van der Waals surface area contributed by atoms with E-state index in [1.807, 2.05) is 13.8 Å². The molecule has 3 N–H and O–H groups in total. The molecule has 0 saturated heterocycles. The third-order valence-electron chi connectivity index (χ3n) is 1.37. The Kier molecular flexibility index (Phi) is 3.22. The standard InChI is InChI=1S/C8H12N4O2/c1-5(2)14-8-10-3-6(4-11-8)7(9)12-13/h3-5,13H,1-2H3,(H2,9,12). The smallest absolute Gasteiger partial charge is 0.316 e. The summed E-state index contributed by atoms with van der Waals surface area (Å²) in [7, 11) is 0. The molecule has 0 saturated carbocycles. The minimum atomic E-state index is -0.0268. The number of nitrogens with zero attached hydrogens (tertiary/aromatic N) is 3. The number of hydrogen-bond acceptors (Lipinski definition) is 5. The van der Waals surface area contributed by atoms with Gasteiger partial charge in [-0.05, 0) is 13.8 Å². The molecule has 0 aliphatic carbocycles. The maximum Gasteiger partial charge on any atom is 0.316 e. The molecule has 0 spiro atoms. The second-order valence-corrected chi connectivity index (χ2v) is 2.91. The molecule has 0 aromatic carbocycles. The zero-order valence-corrected chi connectivity index (χ0v) is 8.01. The average molecular weight is 196 g/mol. The van der Waals surface area contributed by atoms with Crippen LogP contribution in [0.5, 0.6) is 6.01 Å². The number of oxime groups is 1. The molecule has 1 heterocycles. The largest absolute Gasteiger partial charge is 0.461 e. The summed E-state index contributed by atoms with van der Waals surface area (Å²) >= 11 is 0. The molecule has 0 bridgehead atoms. The summed E-state index contributed by atoms with van der Waals surface area (Å²) in [6.45, 7) is 3.75. The normalized spacial score (nSPS) is 11.8. The first-order chi connectivity index (χ1) is 6.63. The van der Waals surface area contributed by atoms with Crippen LogP contribution in [0, 0.1) is 0 Å².